The topological polar surface area (TPSA) is 40.6 Å². The number of fused-ring (bicyclic) bond motifs is 1. The summed E-state index contributed by atoms with van der Waals surface area (Å²) in [5.41, 5.74) is 5.52. The van der Waals surface area contributed by atoms with E-state index in [-0.39, 0.29) is 11.6 Å². The number of rotatable bonds is 5. The highest BCUT2D eigenvalue weighted by Gasteiger charge is 2.58. The van der Waals surface area contributed by atoms with Gasteiger partial charge in [-0.1, -0.05) is 84.8 Å². The first-order valence-corrected chi connectivity index (χ1v) is 12.3. The minimum absolute atomic E-state index is 0.0807. The van der Waals surface area contributed by atoms with Crippen LogP contribution in [-0.2, 0) is 18.5 Å². The van der Waals surface area contributed by atoms with Gasteiger partial charge in [-0.25, -0.2) is 0 Å². The maximum atomic E-state index is 14.0. The van der Waals surface area contributed by atoms with Gasteiger partial charge in [0, 0.05) is 43.9 Å². The number of aryl methyl sites for hydroxylation is 3. The summed E-state index contributed by atoms with van der Waals surface area (Å²) in [6.07, 6.45) is 1.02. The zero-order valence-corrected chi connectivity index (χ0v) is 20.3. The third-order valence-corrected chi connectivity index (χ3v) is 7.45. The highest BCUT2D eigenvalue weighted by atomic mass is 16.2. The van der Waals surface area contributed by atoms with E-state index in [1.165, 1.54) is 11.1 Å². The maximum absolute atomic E-state index is 14.0. The highest BCUT2D eigenvalue weighted by Crippen LogP contribution is 2.43. The smallest absolute Gasteiger partial charge is 0.196 e. The monoisotopic (exact) mass is 452 g/mol. The van der Waals surface area contributed by atoms with Crippen molar-refractivity contribution in [3.05, 3.63) is 106 Å². The van der Waals surface area contributed by atoms with Crippen molar-refractivity contribution in [2.45, 2.75) is 39.3 Å². The fourth-order valence-electron chi connectivity index (χ4n) is 5.83. The Balaban J connectivity index is 1.49. The van der Waals surface area contributed by atoms with Crippen LogP contribution in [0.5, 0.6) is 0 Å². The van der Waals surface area contributed by atoms with Gasteiger partial charge in [0.15, 0.2) is 17.1 Å². The average molecular weight is 453 g/mol. The van der Waals surface area contributed by atoms with Crippen molar-refractivity contribution in [1.82, 2.24) is 9.80 Å². The Labute approximate surface area is 202 Å². The molecular formula is C30H32N2O2. The van der Waals surface area contributed by atoms with Crippen LogP contribution >= 0.6 is 0 Å². The lowest BCUT2D eigenvalue weighted by Crippen LogP contribution is -2.60. The molecule has 1 fully saturated rings. The number of hydrogen-bond acceptors (Lipinski definition) is 4. The average Bonchev–Trinajstić information content (AvgIpc) is 3.07. The van der Waals surface area contributed by atoms with Gasteiger partial charge in [0.2, 0.25) is 0 Å². The van der Waals surface area contributed by atoms with Gasteiger partial charge in [-0.2, -0.15) is 0 Å². The molecule has 1 aliphatic heterocycles. The first kappa shape index (κ1) is 22.7. The molecule has 1 saturated heterocycles. The van der Waals surface area contributed by atoms with E-state index in [1.54, 1.807) is 12.1 Å². The van der Waals surface area contributed by atoms with E-state index in [9.17, 15) is 9.59 Å². The number of piperazine rings is 1. The van der Waals surface area contributed by atoms with E-state index in [1.807, 2.05) is 38.1 Å². The van der Waals surface area contributed by atoms with Crippen molar-refractivity contribution in [3.63, 3.8) is 0 Å². The third kappa shape index (κ3) is 3.62. The Kier molecular flexibility index (Phi) is 5.97. The molecule has 4 nitrogen and oxygen atoms in total. The van der Waals surface area contributed by atoms with Crippen molar-refractivity contribution >= 4 is 11.6 Å². The minimum atomic E-state index is -1.27. The molecule has 1 aliphatic carbocycles. The lowest BCUT2D eigenvalue weighted by Gasteiger charge is -2.44. The van der Waals surface area contributed by atoms with Crippen LogP contribution in [0.3, 0.4) is 0 Å². The summed E-state index contributed by atoms with van der Waals surface area (Å²) >= 11 is 0. The second-order valence-corrected chi connectivity index (χ2v) is 9.68. The number of ketones is 2. The lowest BCUT2D eigenvalue weighted by atomic mass is 9.81. The molecule has 0 unspecified atom stereocenters. The van der Waals surface area contributed by atoms with E-state index >= 15 is 0 Å². The SMILES string of the molecule is CCc1ccccc1CN1CCN(C2(c3cc(C)cc(C)c3)C(=O)c3ccccc3C2=O)CC1. The van der Waals surface area contributed by atoms with Gasteiger partial charge in [0.1, 0.15) is 0 Å². The molecule has 0 amide bonds. The third-order valence-electron chi connectivity index (χ3n) is 7.45. The Bertz CT molecular complexity index is 1200. The summed E-state index contributed by atoms with van der Waals surface area (Å²) < 4.78 is 0. The number of Topliss-reactive ketones (excluding diaryl/α,β-unsaturated/α-hetero) is 2. The number of carbonyl (C=O) groups is 2. The highest BCUT2D eigenvalue weighted by molar-refractivity contribution is 6.32. The lowest BCUT2D eigenvalue weighted by molar-refractivity contribution is 0.0278. The fourth-order valence-corrected chi connectivity index (χ4v) is 5.83. The number of carbonyl (C=O) groups excluding carboxylic acids is 2. The zero-order valence-electron chi connectivity index (χ0n) is 20.3. The van der Waals surface area contributed by atoms with Gasteiger partial charge in [-0.3, -0.25) is 19.4 Å². The van der Waals surface area contributed by atoms with Crippen LogP contribution in [0.1, 0.15) is 55.5 Å². The van der Waals surface area contributed by atoms with E-state index in [0.29, 0.717) is 24.2 Å². The number of benzene rings is 3. The normalized spacial score (nSPS) is 18.3. The minimum Gasteiger partial charge on any atom is -0.297 e. The number of nitrogens with zero attached hydrogens (tertiary/aromatic N) is 2. The van der Waals surface area contributed by atoms with Gasteiger partial charge < -0.3 is 0 Å². The summed E-state index contributed by atoms with van der Waals surface area (Å²) in [5.74, 6) is -0.161. The van der Waals surface area contributed by atoms with Crippen molar-refractivity contribution < 1.29 is 9.59 Å². The summed E-state index contributed by atoms with van der Waals surface area (Å²) in [6, 6.07) is 22.1. The summed E-state index contributed by atoms with van der Waals surface area (Å²) in [5, 5.41) is 0. The molecule has 4 heteroatoms. The van der Waals surface area contributed by atoms with Crippen LogP contribution in [0.25, 0.3) is 0 Å². The molecule has 3 aromatic carbocycles. The van der Waals surface area contributed by atoms with Crippen LogP contribution in [0.4, 0.5) is 0 Å². The van der Waals surface area contributed by atoms with E-state index in [4.69, 9.17) is 0 Å². The van der Waals surface area contributed by atoms with Crippen LogP contribution in [0.15, 0.2) is 66.7 Å². The molecule has 0 atom stereocenters. The van der Waals surface area contributed by atoms with Crippen LogP contribution in [-0.4, -0.2) is 47.5 Å². The quantitative estimate of drug-likeness (QED) is 0.513. The van der Waals surface area contributed by atoms with E-state index in [0.717, 1.165) is 42.7 Å². The first-order chi connectivity index (χ1) is 16.4. The Hall–Kier alpha value is -3.08. The molecule has 0 aromatic heterocycles. The summed E-state index contributed by atoms with van der Waals surface area (Å²) in [6.45, 7) is 10.1. The summed E-state index contributed by atoms with van der Waals surface area (Å²) in [4.78, 5) is 32.7. The van der Waals surface area contributed by atoms with Gasteiger partial charge in [-0.05, 0) is 37.0 Å². The molecule has 0 spiro atoms. The molecule has 1 heterocycles. The largest absolute Gasteiger partial charge is 0.297 e. The Morgan fingerprint density at radius 3 is 1.82 bits per heavy atom. The second-order valence-electron chi connectivity index (χ2n) is 9.68. The van der Waals surface area contributed by atoms with Crippen molar-refractivity contribution in [2.24, 2.45) is 0 Å². The van der Waals surface area contributed by atoms with Crippen LogP contribution in [0.2, 0.25) is 0 Å². The summed E-state index contributed by atoms with van der Waals surface area (Å²) in [7, 11) is 0. The molecule has 3 aromatic rings. The molecule has 0 radical (unpaired) electrons. The van der Waals surface area contributed by atoms with Crippen molar-refractivity contribution in [2.75, 3.05) is 26.2 Å². The second kappa shape index (κ2) is 8.94. The Morgan fingerprint density at radius 2 is 1.26 bits per heavy atom. The number of hydrogen-bond donors (Lipinski definition) is 0. The standard InChI is InChI=1S/C30H32N2O2/c1-4-23-9-5-6-10-24(23)20-31-13-15-32(16-14-31)30(25-18-21(2)17-22(3)19-25)28(33)26-11-7-8-12-27(26)29(30)34/h5-12,17-19H,4,13-16,20H2,1-3H3. The zero-order chi connectivity index (χ0) is 23.9. The van der Waals surface area contributed by atoms with E-state index in [2.05, 4.69) is 47.1 Å². The first-order valence-electron chi connectivity index (χ1n) is 12.3. The van der Waals surface area contributed by atoms with Crippen LogP contribution < -0.4 is 0 Å². The van der Waals surface area contributed by atoms with E-state index < -0.39 is 5.54 Å². The molecule has 2 aliphatic rings. The predicted molar refractivity (Wildman–Crippen MR) is 135 cm³/mol. The molecule has 0 N–H and O–H groups in total. The van der Waals surface area contributed by atoms with Crippen molar-refractivity contribution in [1.29, 1.82) is 0 Å². The Morgan fingerprint density at radius 1 is 0.735 bits per heavy atom. The fraction of sp³-hybridized carbons (Fsp3) is 0.333. The van der Waals surface area contributed by atoms with Gasteiger partial charge in [0.25, 0.3) is 0 Å². The molecule has 0 saturated carbocycles. The molecular weight excluding hydrogens is 420 g/mol. The van der Waals surface area contributed by atoms with Crippen LogP contribution in [0, 0.1) is 13.8 Å². The molecule has 5 rings (SSSR count). The maximum Gasteiger partial charge on any atom is 0.196 e. The molecule has 0 bridgehead atoms. The van der Waals surface area contributed by atoms with Gasteiger partial charge in [0.05, 0.1) is 0 Å². The van der Waals surface area contributed by atoms with Gasteiger partial charge >= 0.3 is 0 Å². The molecule has 174 valence electrons. The van der Waals surface area contributed by atoms with Gasteiger partial charge in [-0.15, -0.1) is 0 Å². The predicted octanol–water partition coefficient (Wildman–Crippen LogP) is 4.96. The van der Waals surface area contributed by atoms with Crippen molar-refractivity contribution in [3.8, 4) is 0 Å². The molecule has 34 heavy (non-hydrogen) atoms.